The van der Waals surface area contributed by atoms with Gasteiger partial charge in [-0.25, -0.2) is 0 Å². The molecule has 108 valence electrons. The summed E-state index contributed by atoms with van der Waals surface area (Å²) >= 11 is 0. The number of carbonyl (C=O) groups is 1. The van der Waals surface area contributed by atoms with Crippen molar-refractivity contribution in [1.29, 1.82) is 0 Å². The zero-order valence-corrected chi connectivity index (χ0v) is 12.7. The minimum Gasteiger partial charge on any atom is -0.395 e. The van der Waals surface area contributed by atoms with Crippen molar-refractivity contribution in [2.75, 3.05) is 13.7 Å². The molecule has 0 aliphatic heterocycles. The van der Waals surface area contributed by atoms with E-state index in [-0.39, 0.29) is 18.6 Å². The Kier molecular flexibility index (Phi) is 6.27. The molecule has 1 aromatic rings. The van der Waals surface area contributed by atoms with Crippen LogP contribution in [0.15, 0.2) is 18.2 Å². The first-order valence-electron chi connectivity index (χ1n) is 6.98. The number of amides is 1. The van der Waals surface area contributed by atoms with Crippen molar-refractivity contribution in [3.8, 4) is 11.8 Å². The number of carbonyl (C=O) groups excluding carboxylic acids is 1. The fraction of sp³-hybridized carbons (Fsp3) is 0.471. The maximum Gasteiger partial charge on any atom is 0.253 e. The Hall–Kier alpha value is -1.79. The third-order valence-electron chi connectivity index (χ3n) is 3.51. The molecule has 1 N–H and O–H groups in total. The van der Waals surface area contributed by atoms with Crippen LogP contribution >= 0.6 is 0 Å². The van der Waals surface area contributed by atoms with E-state index in [0.29, 0.717) is 12.0 Å². The summed E-state index contributed by atoms with van der Waals surface area (Å²) in [7, 11) is 1.83. The van der Waals surface area contributed by atoms with Gasteiger partial charge in [-0.2, -0.15) is 0 Å². The fourth-order valence-electron chi connectivity index (χ4n) is 1.83. The summed E-state index contributed by atoms with van der Waals surface area (Å²) in [6.45, 7) is 6.13. The molecule has 0 fully saturated rings. The lowest BCUT2D eigenvalue weighted by atomic mass is 10.0. The topological polar surface area (TPSA) is 40.5 Å². The number of aryl methyl sites for hydroxylation is 1. The average molecular weight is 273 g/mol. The standard InChI is InChI=1S/C17H23NO2/c1-5-14(3)18(4)17(20)16-10-9-15(13(2)12-16)8-6-7-11-19/h9-10,12,14,19H,5,7,11H2,1-4H3. The van der Waals surface area contributed by atoms with Crippen molar-refractivity contribution < 1.29 is 9.90 Å². The average Bonchev–Trinajstić information content (AvgIpc) is 2.46. The van der Waals surface area contributed by atoms with E-state index in [0.717, 1.165) is 17.5 Å². The van der Waals surface area contributed by atoms with Crippen molar-refractivity contribution in [2.45, 2.75) is 39.7 Å². The number of benzene rings is 1. The van der Waals surface area contributed by atoms with E-state index in [2.05, 4.69) is 18.8 Å². The molecule has 0 heterocycles. The number of aliphatic hydroxyl groups excluding tert-OH is 1. The molecule has 0 aliphatic carbocycles. The van der Waals surface area contributed by atoms with Crippen LogP contribution in [0.1, 0.15) is 48.2 Å². The minimum absolute atomic E-state index is 0.0392. The predicted molar refractivity (Wildman–Crippen MR) is 81.6 cm³/mol. The zero-order chi connectivity index (χ0) is 15.1. The summed E-state index contributed by atoms with van der Waals surface area (Å²) in [5.74, 6) is 5.94. The van der Waals surface area contributed by atoms with Gasteiger partial charge < -0.3 is 10.0 Å². The number of rotatable bonds is 4. The molecule has 1 atom stereocenters. The van der Waals surface area contributed by atoms with Gasteiger partial charge in [-0.3, -0.25) is 4.79 Å². The fourth-order valence-corrected chi connectivity index (χ4v) is 1.83. The SMILES string of the molecule is CCC(C)N(C)C(=O)c1ccc(C#CCCO)c(C)c1. The van der Waals surface area contributed by atoms with E-state index in [1.807, 2.05) is 39.1 Å². The third-order valence-corrected chi connectivity index (χ3v) is 3.51. The van der Waals surface area contributed by atoms with Gasteiger partial charge in [0, 0.05) is 30.6 Å². The van der Waals surface area contributed by atoms with E-state index in [1.54, 1.807) is 4.90 Å². The summed E-state index contributed by atoms with van der Waals surface area (Å²) in [5, 5.41) is 8.71. The number of aliphatic hydroxyl groups is 1. The zero-order valence-electron chi connectivity index (χ0n) is 12.7. The molecule has 0 aliphatic rings. The van der Waals surface area contributed by atoms with Gasteiger partial charge in [0.2, 0.25) is 0 Å². The molecule has 3 nitrogen and oxygen atoms in total. The van der Waals surface area contributed by atoms with E-state index in [9.17, 15) is 4.79 Å². The second-order valence-corrected chi connectivity index (χ2v) is 4.98. The first kappa shape index (κ1) is 16.3. The van der Waals surface area contributed by atoms with Gasteiger partial charge in [-0.05, 0) is 44.0 Å². The van der Waals surface area contributed by atoms with Crippen molar-refractivity contribution in [3.63, 3.8) is 0 Å². The molecule has 0 aromatic heterocycles. The van der Waals surface area contributed by atoms with Gasteiger partial charge in [0.25, 0.3) is 5.91 Å². The van der Waals surface area contributed by atoms with Crippen LogP contribution in [0, 0.1) is 18.8 Å². The van der Waals surface area contributed by atoms with E-state index in [1.165, 1.54) is 0 Å². The van der Waals surface area contributed by atoms with Gasteiger partial charge >= 0.3 is 0 Å². The highest BCUT2D eigenvalue weighted by Crippen LogP contribution is 2.14. The lowest BCUT2D eigenvalue weighted by Crippen LogP contribution is -2.34. The molecule has 1 rings (SSSR count). The highest BCUT2D eigenvalue weighted by molar-refractivity contribution is 5.94. The molecular weight excluding hydrogens is 250 g/mol. The van der Waals surface area contributed by atoms with Crippen molar-refractivity contribution in [2.24, 2.45) is 0 Å². The third kappa shape index (κ3) is 4.11. The second-order valence-electron chi connectivity index (χ2n) is 4.98. The van der Waals surface area contributed by atoms with Gasteiger partial charge in [0.05, 0.1) is 6.61 Å². The monoisotopic (exact) mass is 273 g/mol. The molecule has 1 aromatic carbocycles. The van der Waals surface area contributed by atoms with E-state index < -0.39 is 0 Å². The Morgan fingerprint density at radius 3 is 2.70 bits per heavy atom. The number of hydrogen-bond donors (Lipinski definition) is 1. The van der Waals surface area contributed by atoms with Crippen LogP contribution in [0.5, 0.6) is 0 Å². The molecular formula is C17H23NO2. The molecule has 1 unspecified atom stereocenters. The molecule has 0 bridgehead atoms. The first-order valence-corrected chi connectivity index (χ1v) is 6.98. The Morgan fingerprint density at radius 1 is 1.45 bits per heavy atom. The molecule has 3 heteroatoms. The quantitative estimate of drug-likeness (QED) is 0.857. The van der Waals surface area contributed by atoms with E-state index >= 15 is 0 Å². The summed E-state index contributed by atoms with van der Waals surface area (Å²) in [4.78, 5) is 14.1. The van der Waals surface area contributed by atoms with Crippen molar-refractivity contribution in [1.82, 2.24) is 4.90 Å². The Bertz CT molecular complexity index is 526. The molecule has 0 radical (unpaired) electrons. The van der Waals surface area contributed by atoms with Crippen molar-refractivity contribution in [3.05, 3.63) is 34.9 Å². The Morgan fingerprint density at radius 2 is 2.15 bits per heavy atom. The molecule has 0 saturated heterocycles. The molecule has 0 spiro atoms. The normalized spacial score (nSPS) is 11.4. The molecule has 0 saturated carbocycles. The van der Waals surface area contributed by atoms with Crippen LogP contribution in [0.4, 0.5) is 0 Å². The smallest absolute Gasteiger partial charge is 0.253 e. The summed E-state index contributed by atoms with van der Waals surface area (Å²) in [5.41, 5.74) is 2.58. The molecule has 1 amide bonds. The van der Waals surface area contributed by atoms with Crippen LogP contribution in [0.3, 0.4) is 0 Å². The minimum atomic E-state index is 0.0392. The van der Waals surface area contributed by atoms with Crippen LogP contribution < -0.4 is 0 Å². The highest BCUT2D eigenvalue weighted by atomic mass is 16.2. The molecule has 20 heavy (non-hydrogen) atoms. The summed E-state index contributed by atoms with van der Waals surface area (Å²) < 4.78 is 0. The van der Waals surface area contributed by atoms with Crippen molar-refractivity contribution >= 4 is 5.91 Å². The number of nitrogens with zero attached hydrogens (tertiary/aromatic N) is 1. The van der Waals surface area contributed by atoms with Gasteiger partial charge in [-0.1, -0.05) is 18.8 Å². The maximum atomic E-state index is 12.3. The highest BCUT2D eigenvalue weighted by Gasteiger charge is 2.16. The lowest BCUT2D eigenvalue weighted by molar-refractivity contribution is 0.0740. The second kappa shape index (κ2) is 7.72. The van der Waals surface area contributed by atoms with Crippen LogP contribution in [-0.4, -0.2) is 35.6 Å². The summed E-state index contributed by atoms with van der Waals surface area (Å²) in [6.07, 6.45) is 1.41. The Balaban J connectivity index is 2.93. The lowest BCUT2D eigenvalue weighted by Gasteiger charge is -2.24. The summed E-state index contributed by atoms with van der Waals surface area (Å²) in [6, 6.07) is 5.80. The van der Waals surface area contributed by atoms with Crippen LogP contribution in [0.25, 0.3) is 0 Å². The Labute approximate surface area is 121 Å². The van der Waals surface area contributed by atoms with Gasteiger partial charge in [0.15, 0.2) is 0 Å². The van der Waals surface area contributed by atoms with Crippen LogP contribution in [-0.2, 0) is 0 Å². The number of hydrogen-bond acceptors (Lipinski definition) is 2. The predicted octanol–water partition coefficient (Wildman–Crippen LogP) is 2.60. The van der Waals surface area contributed by atoms with Gasteiger partial charge in [-0.15, -0.1) is 0 Å². The largest absolute Gasteiger partial charge is 0.395 e. The van der Waals surface area contributed by atoms with Crippen LogP contribution in [0.2, 0.25) is 0 Å². The van der Waals surface area contributed by atoms with E-state index in [4.69, 9.17) is 5.11 Å². The maximum absolute atomic E-state index is 12.3. The van der Waals surface area contributed by atoms with Gasteiger partial charge in [0.1, 0.15) is 0 Å². The first-order chi connectivity index (χ1) is 9.51.